The van der Waals surface area contributed by atoms with Gasteiger partial charge in [0.15, 0.2) is 0 Å². The summed E-state index contributed by atoms with van der Waals surface area (Å²) in [5, 5.41) is 6.15. The number of amides is 1. The molecule has 0 atom stereocenters. The van der Waals surface area contributed by atoms with Crippen LogP contribution in [0.3, 0.4) is 0 Å². The van der Waals surface area contributed by atoms with Crippen LogP contribution in [0.1, 0.15) is 31.7 Å². The fourth-order valence-corrected chi connectivity index (χ4v) is 2.12. The third kappa shape index (κ3) is 3.57. The van der Waals surface area contributed by atoms with Crippen molar-refractivity contribution in [3.05, 3.63) is 29.8 Å². The molecule has 0 unspecified atom stereocenters. The van der Waals surface area contributed by atoms with Crippen molar-refractivity contribution in [1.82, 2.24) is 5.32 Å². The molecule has 0 saturated heterocycles. The van der Waals surface area contributed by atoms with Gasteiger partial charge in [-0.25, -0.2) is 0 Å². The minimum absolute atomic E-state index is 0.0331. The summed E-state index contributed by atoms with van der Waals surface area (Å²) in [6.45, 7) is 5.62. The van der Waals surface area contributed by atoms with Crippen molar-refractivity contribution in [3.8, 4) is 0 Å². The van der Waals surface area contributed by atoms with Gasteiger partial charge >= 0.3 is 0 Å². The molecule has 0 heterocycles. The fraction of sp³-hybridized carbons (Fsp3) is 0.533. The Morgan fingerprint density at radius 3 is 2.50 bits per heavy atom. The highest BCUT2D eigenvalue weighted by Crippen LogP contribution is 2.47. The standard InChI is InChI=1S/C15H22N2O/c1-3-15(8-9-15)11-16-10-14(18)17-13-6-4-12(2)5-7-13/h4-7,16H,3,8-11H2,1-2H3,(H,17,18). The summed E-state index contributed by atoms with van der Waals surface area (Å²) in [4.78, 5) is 11.7. The molecule has 2 N–H and O–H groups in total. The molecule has 1 aromatic rings. The predicted molar refractivity (Wildman–Crippen MR) is 74.6 cm³/mol. The van der Waals surface area contributed by atoms with Gasteiger partial charge in [-0.05, 0) is 43.7 Å². The van der Waals surface area contributed by atoms with E-state index in [0.717, 1.165) is 12.2 Å². The number of anilines is 1. The summed E-state index contributed by atoms with van der Waals surface area (Å²) in [6.07, 6.45) is 3.81. The molecule has 3 heteroatoms. The quantitative estimate of drug-likeness (QED) is 0.810. The van der Waals surface area contributed by atoms with E-state index in [2.05, 4.69) is 17.6 Å². The van der Waals surface area contributed by atoms with Gasteiger partial charge in [0.05, 0.1) is 6.54 Å². The van der Waals surface area contributed by atoms with Crippen LogP contribution in [-0.4, -0.2) is 19.0 Å². The molecule has 2 rings (SSSR count). The number of rotatable bonds is 6. The number of carbonyl (C=O) groups is 1. The van der Waals surface area contributed by atoms with Crippen LogP contribution < -0.4 is 10.6 Å². The zero-order valence-corrected chi connectivity index (χ0v) is 11.3. The first-order chi connectivity index (χ1) is 8.63. The second kappa shape index (κ2) is 5.53. The minimum Gasteiger partial charge on any atom is -0.325 e. The Morgan fingerprint density at radius 2 is 1.94 bits per heavy atom. The highest BCUT2D eigenvalue weighted by atomic mass is 16.1. The van der Waals surface area contributed by atoms with Crippen LogP contribution in [0.15, 0.2) is 24.3 Å². The third-order valence-electron chi connectivity index (χ3n) is 3.83. The van der Waals surface area contributed by atoms with Crippen LogP contribution >= 0.6 is 0 Å². The van der Waals surface area contributed by atoms with Crippen molar-refractivity contribution < 1.29 is 4.79 Å². The molecule has 98 valence electrons. The summed E-state index contributed by atoms with van der Waals surface area (Å²) >= 11 is 0. The summed E-state index contributed by atoms with van der Waals surface area (Å²) in [5.41, 5.74) is 2.55. The zero-order valence-electron chi connectivity index (χ0n) is 11.3. The second-order valence-corrected chi connectivity index (χ2v) is 5.37. The minimum atomic E-state index is 0.0331. The van der Waals surface area contributed by atoms with Crippen LogP contribution in [0.25, 0.3) is 0 Å². The maximum absolute atomic E-state index is 11.7. The van der Waals surface area contributed by atoms with Crippen molar-refractivity contribution in [2.75, 3.05) is 18.4 Å². The molecule has 1 aromatic carbocycles. The topological polar surface area (TPSA) is 41.1 Å². The van der Waals surface area contributed by atoms with Gasteiger partial charge in [-0.3, -0.25) is 4.79 Å². The van der Waals surface area contributed by atoms with Gasteiger partial charge in [0, 0.05) is 12.2 Å². The van der Waals surface area contributed by atoms with Gasteiger partial charge < -0.3 is 10.6 Å². The average molecular weight is 246 g/mol. The lowest BCUT2D eigenvalue weighted by Gasteiger charge is -2.13. The smallest absolute Gasteiger partial charge is 0.238 e. The summed E-state index contributed by atoms with van der Waals surface area (Å²) in [7, 11) is 0. The first kappa shape index (κ1) is 13.1. The van der Waals surface area contributed by atoms with E-state index in [1.165, 1.54) is 24.8 Å². The molecule has 0 radical (unpaired) electrons. The van der Waals surface area contributed by atoms with Crippen LogP contribution in [0.4, 0.5) is 5.69 Å². The van der Waals surface area contributed by atoms with E-state index in [1.807, 2.05) is 31.2 Å². The number of aryl methyl sites for hydroxylation is 1. The number of nitrogens with one attached hydrogen (secondary N) is 2. The lowest BCUT2D eigenvalue weighted by atomic mass is 10.0. The van der Waals surface area contributed by atoms with Crippen LogP contribution in [0.5, 0.6) is 0 Å². The predicted octanol–water partition coefficient (Wildman–Crippen LogP) is 2.71. The van der Waals surface area contributed by atoms with E-state index in [-0.39, 0.29) is 5.91 Å². The number of hydrogen-bond acceptors (Lipinski definition) is 2. The SMILES string of the molecule is CCC1(CNCC(=O)Nc2ccc(C)cc2)CC1. The molecule has 1 fully saturated rings. The summed E-state index contributed by atoms with van der Waals surface area (Å²) < 4.78 is 0. The molecule has 0 bridgehead atoms. The van der Waals surface area contributed by atoms with Gasteiger partial charge in [-0.2, -0.15) is 0 Å². The van der Waals surface area contributed by atoms with E-state index in [9.17, 15) is 4.79 Å². The van der Waals surface area contributed by atoms with Gasteiger partial charge in [0.2, 0.25) is 5.91 Å². The number of hydrogen-bond donors (Lipinski definition) is 2. The number of carbonyl (C=O) groups excluding carboxylic acids is 1. The highest BCUT2D eigenvalue weighted by molar-refractivity contribution is 5.92. The molecule has 1 aliphatic rings. The first-order valence-corrected chi connectivity index (χ1v) is 6.71. The van der Waals surface area contributed by atoms with E-state index < -0.39 is 0 Å². The van der Waals surface area contributed by atoms with Gasteiger partial charge in [0.25, 0.3) is 0 Å². The Kier molecular flexibility index (Phi) is 4.02. The van der Waals surface area contributed by atoms with Crippen molar-refractivity contribution in [2.45, 2.75) is 33.1 Å². The molecule has 1 saturated carbocycles. The Hall–Kier alpha value is -1.35. The molecular weight excluding hydrogens is 224 g/mol. The molecule has 3 nitrogen and oxygen atoms in total. The van der Waals surface area contributed by atoms with Gasteiger partial charge in [0.1, 0.15) is 0 Å². The largest absolute Gasteiger partial charge is 0.325 e. The van der Waals surface area contributed by atoms with E-state index in [0.29, 0.717) is 12.0 Å². The molecule has 1 amide bonds. The molecule has 0 aliphatic heterocycles. The van der Waals surface area contributed by atoms with Crippen molar-refractivity contribution in [3.63, 3.8) is 0 Å². The Bertz CT molecular complexity index is 407. The van der Waals surface area contributed by atoms with Crippen molar-refractivity contribution >= 4 is 11.6 Å². The van der Waals surface area contributed by atoms with Crippen molar-refractivity contribution in [2.24, 2.45) is 5.41 Å². The molecule has 1 aliphatic carbocycles. The average Bonchev–Trinajstić information content (AvgIpc) is 3.13. The number of benzene rings is 1. The van der Waals surface area contributed by atoms with Crippen LogP contribution in [0, 0.1) is 12.3 Å². The van der Waals surface area contributed by atoms with E-state index >= 15 is 0 Å². The zero-order chi connectivity index (χ0) is 13.0. The second-order valence-electron chi connectivity index (χ2n) is 5.37. The maximum atomic E-state index is 11.7. The normalized spacial score (nSPS) is 16.3. The Morgan fingerprint density at radius 1 is 1.28 bits per heavy atom. The van der Waals surface area contributed by atoms with Crippen molar-refractivity contribution in [1.29, 1.82) is 0 Å². The molecule has 18 heavy (non-hydrogen) atoms. The lowest BCUT2D eigenvalue weighted by Crippen LogP contribution is -2.32. The maximum Gasteiger partial charge on any atom is 0.238 e. The highest BCUT2D eigenvalue weighted by Gasteiger charge is 2.39. The molecular formula is C15H22N2O. The molecule has 0 spiro atoms. The van der Waals surface area contributed by atoms with Gasteiger partial charge in [-0.15, -0.1) is 0 Å². The monoisotopic (exact) mass is 246 g/mol. The fourth-order valence-electron chi connectivity index (χ4n) is 2.12. The lowest BCUT2D eigenvalue weighted by molar-refractivity contribution is -0.115. The molecule has 0 aromatic heterocycles. The Labute approximate surface area is 109 Å². The first-order valence-electron chi connectivity index (χ1n) is 6.71. The Balaban J connectivity index is 1.70. The van der Waals surface area contributed by atoms with Crippen LogP contribution in [0.2, 0.25) is 0 Å². The summed E-state index contributed by atoms with van der Waals surface area (Å²) in [6, 6.07) is 7.86. The summed E-state index contributed by atoms with van der Waals surface area (Å²) in [5.74, 6) is 0.0331. The van der Waals surface area contributed by atoms with Crippen LogP contribution in [-0.2, 0) is 4.79 Å². The van der Waals surface area contributed by atoms with E-state index in [1.54, 1.807) is 0 Å². The van der Waals surface area contributed by atoms with Gasteiger partial charge in [-0.1, -0.05) is 24.6 Å². The third-order valence-corrected chi connectivity index (χ3v) is 3.83. The van der Waals surface area contributed by atoms with E-state index in [4.69, 9.17) is 0 Å².